The monoisotopic (exact) mass is 389 g/mol. The highest BCUT2D eigenvalue weighted by atomic mass is 16.2. The molecule has 3 atom stereocenters. The SMILES string of the molecule is CC(=O)N1c2ccc(C(N)=O)cc2[C@H](Nc2ncccc2C#N)[C@@H](C)[C@@H]1C1CC1. The number of amides is 2. The van der Waals surface area contributed by atoms with Crippen molar-refractivity contribution in [1.82, 2.24) is 4.98 Å². The van der Waals surface area contributed by atoms with Crippen LogP contribution in [0, 0.1) is 23.2 Å². The third-order valence-corrected chi connectivity index (χ3v) is 5.93. The maximum absolute atomic E-state index is 12.6. The number of nitrogens with two attached hydrogens (primary N) is 1. The second-order valence-electron chi connectivity index (χ2n) is 7.85. The number of fused-ring (bicyclic) bond motifs is 1. The summed E-state index contributed by atoms with van der Waals surface area (Å²) in [7, 11) is 0. The van der Waals surface area contributed by atoms with Gasteiger partial charge in [-0.1, -0.05) is 6.92 Å². The van der Waals surface area contributed by atoms with E-state index in [1.54, 1.807) is 43.5 Å². The number of aromatic nitrogens is 1. The third kappa shape index (κ3) is 3.31. The predicted octanol–water partition coefficient (Wildman–Crippen LogP) is 2.99. The van der Waals surface area contributed by atoms with E-state index in [0.29, 0.717) is 22.9 Å². The minimum Gasteiger partial charge on any atom is -0.366 e. The Kier molecular flexibility index (Phi) is 4.71. The largest absolute Gasteiger partial charge is 0.366 e. The van der Waals surface area contributed by atoms with Crippen molar-refractivity contribution in [3.8, 4) is 6.07 Å². The number of carbonyl (C=O) groups excluding carboxylic acids is 2. The van der Waals surface area contributed by atoms with Crippen LogP contribution in [0.3, 0.4) is 0 Å². The lowest BCUT2D eigenvalue weighted by atomic mass is 9.79. The number of primary amides is 1. The molecule has 7 nitrogen and oxygen atoms in total. The fourth-order valence-corrected chi connectivity index (χ4v) is 4.48. The number of nitriles is 1. The lowest BCUT2D eigenvalue weighted by Crippen LogP contribution is -2.51. The minimum absolute atomic E-state index is 0.0178. The van der Waals surface area contributed by atoms with E-state index in [-0.39, 0.29) is 23.9 Å². The molecule has 1 saturated carbocycles. The summed E-state index contributed by atoms with van der Waals surface area (Å²) in [6, 6.07) is 10.6. The number of nitrogens with zero attached hydrogens (tertiary/aromatic N) is 3. The van der Waals surface area contributed by atoms with Crippen molar-refractivity contribution >= 4 is 23.3 Å². The molecule has 0 spiro atoms. The van der Waals surface area contributed by atoms with Gasteiger partial charge in [0.15, 0.2) is 0 Å². The number of benzene rings is 1. The second-order valence-corrected chi connectivity index (χ2v) is 7.85. The number of hydrogen-bond acceptors (Lipinski definition) is 5. The summed E-state index contributed by atoms with van der Waals surface area (Å²) in [5, 5.41) is 12.9. The van der Waals surface area contributed by atoms with Crippen LogP contribution in [0.15, 0.2) is 36.5 Å². The van der Waals surface area contributed by atoms with E-state index in [1.807, 2.05) is 4.90 Å². The normalized spacial score (nSPS) is 23.1. The molecule has 2 aromatic rings. The molecular formula is C22H23N5O2. The van der Waals surface area contributed by atoms with Crippen molar-refractivity contribution in [2.75, 3.05) is 10.2 Å². The summed E-state index contributed by atoms with van der Waals surface area (Å²) in [6.07, 6.45) is 3.82. The van der Waals surface area contributed by atoms with Crippen molar-refractivity contribution in [3.05, 3.63) is 53.2 Å². The molecule has 2 heterocycles. The first kappa shape index (κ1) is 18.9. The Hall–Kier alpha value is -3.40. The van der Waals surface area contributed by atoms with Gasteiger partial charge in [0.05, 0.1) is 11.6 Å². The second kappa shape index (κ2) is 7.21. The molecular weight excluding hydrogens is 366 g/mol. The number of nitrogens with one attached hydrogen (secondary N) is 1. The van der Waals surface area contributed by atoms with Crippen molar-refractivity contribution < 1.29 is 9.59 Å². The highest BCUT2D eigenvalue weighted by Crippen LogP contribution is 2.50. The highest BCUT2D eigenvalue weighted by molar-refractivity contribution is 5.97. The average molecular weight is 389 g/mol. The summed E-state index contributed by atoms with van der Waals surface area (Å²) in [6.45, 7) is 3.68. The van der Waals surface area contributed by atoms with Gasteiger partial charge in [-0.25, -0.2) is 4.98 Å². The van der Waals surface area contributed by atoms with Crippen LogP contribution in [0.25, 0.3) is 0 Å². The molecule has 0 saturated heterocycles. The highest BCUT2D eigenvalue weighted by Gasteiger charge is 2.47. The summed E-state index contributed by atoms with van der Waals surface area (Å²) in [5.41, 5.74) is 7.94. The lowest BCUT2D eigenvalue weighted by Gasteiger charge is -2.46. The lowest BCUT2D eigenvalue weighted by molar-refractivity contribution is -0.117. The first-order chi connectivity index (χ1) is 13.9. The topological polar surface area (TPSA) is 112 Å². The zero-order valence-electron chi connectivity index (χ0n) is 16.4. The van der Waals surface area contributed by atoms with Crippen molar-refractivity contribution in [1.29, 1.82) is 5.26 Å². The van der Waals surface area contributed by atoms with Crippen LogP contribution in [0.4, 0.5) is 11.5 Å². The molecule has 3 N–H and O–H groups in total. The summed E-state index contributed by atoms with van der Waals surface area (Å²) in [5.74, 6) is 0.453. The minimum atomic E-state index is -0.520. The molecule has 1 fully saturated rings. The fourth-order valence-electron chi connectivity index (χ4n) is 4.48. The number of hydrogen-bond donors (Lipinski definition) is 2. The van der Waals surface area contributed by atoms with E-state index in [1.165, 1.54) is 0 Å². The van der Waals surface area contributed by atoms with Crippen LogP contribution in [-0.2, 0) is 4.79 Å². The van der Waals surface area contributed by atoms with E-state index >= 15 is 0 Å². The Bertz CT molecular complexity index is 1020. The van der Waals surface area contributed by atoms with Crippen LogP contribution >= 0.6 is 0 Å². The Labute approximate surface area is 169 Å². The van der Waals surface area contributed by atoms with E-state index in [2.05, 4.69) is 23.3 Å². The van der Waals surface area contributed by atoms with Crippen LogP contribution in [-0.4, -0.2) is 22.8 Å². The molecule has 1 aliphatic heterocycles. The zero-order chi connectivity index (χ0) is 20.7. The standard InChI is InChI=1S/C22H23N5O2/c1-12-19(26-22-16(11-23)4-3-9-25-22)17-10-15(21(24)29)7-8-18(17)27(13(2)28)20(12)14-5-6-14/h3-4,7-10,12,14,19-20H,5-6H2,1-2H3,(H2,24,29)(H,25,26)/t12-,19-,20-/m1/s1. The van der Waals surface area contributed by atoms with Gasteiger partial charge >= 0.3 is 0 Å². The van der Waals surface area contributed by atoms with E-state index in [9.17, 15) is 14.9 Å². The fraction of sp³-hybridized carbons (Fsp3) is 0.364. The number of pyridine rings is 1. The van der Waals surface area contributed by atoms with Crippen molar-refractivity contribution in [2.45, 2.75) is 38.8 Å². The molecule has 1 aromatic heterocycles. The molecule has 1 aromatic carbocycles. The van der Waals surface area contributed by atoms with Crippen molar-refractivity contribution in [2.24, 2.45) is 17.6 Å². The van der Waals surface area contributed by atoms with Gasteiger partial charge in [0.1, 0.15) is 11.9 Å². The van der Waals surface area contributed by atoms with E-state index in [4.69, 9.17) is 5.73 Å². The van der Waals surface area contributed by atoms with Gasteiger partial charge in [0, 0.05) is 36.3 Å². The first-order valence-electron chi connectivity index (χ1n) is 9.77. The molecule has 4 rings (SSSR count). The molecule has 1 aliphatic carbocycles. The average Bonchev–Trinajstić information content (AvgIpc) is 3.54. The van der Waals surface area contributed by atoms with Gasteiger partial charge < -0.3 is 16.0 Å². The maximum Gasteiger partial charge on any atom is 0.248 e. The maximum atomic E-state index is 12.6. The van der Waals surface area contributed by atoms with Gasteiger partial charge in [-0.15, -0.1) is 0 Å². The Morgan fingerprint density at radius 3 is 2.69 bits per heavy atom. The third-order valence-electron chi connectivity index (χ3n) is 5.93. The molecule has 0 unspecified atom stereocenters. The zero-order valence-corrected chi connectivity index (χ0v) is 16.4. The van der Waals surface area contributed by atoms with Gasteiger partial charge in [-0.05, 0) is 54.7 Å². The van der Waals surface area contributed by atoms with Crippen LogP contribution in [0.2, 0.25) is 0 Å². The molecule has 7 heteroatoms. The Balaban J connectivity index is 1.86. The van der Waals surface area contributed by atoms with Gasteiger partial charge in [-0.3, -0.25) is 9.59 Å². The smallest absolute Gasteiger partial charge is 0.248 e. The molecule has 29 heavy (non-hydrogen) atoms. The molecule has 0 bridgehead atoms. The van der Waals surface area contributed by atoms with Crippen molar-refractivity contribution in [3.63, 3.8) is 0 Å². The Morgan fingerprint density at radius 1 is 1.31 bits per heavy atom. The number of rotatable bonds is 4. The molecule has 148 valence electrons. The summed E-state index contributed by atoms with van der Waals surface area (Å²) < 4.78 is 0. The van der Waals surface area contributed by atoms with Crippen LogP contribution in [0.1, 0.15) is 54.2 Å². The summed E-state index contributed by atoms with van der Waals surface area (Å²) in [4.78, 5) is 30.6. The van der Waals surface area contributed by atoms with Crippen LogP contribution < -0.4 is 16.0 Å². The van der Waals surface area contributed by atoms with Gasteiger partial charge in [-0.2, -0.15) is 5.26 Å². The molecule has 2 aliphatic rings. The number of carbonyl (C=O) groups is 2. The summed E-state index contributed by atoms with van der Waals surface area (Å²) >= 11 is 0. The quantitative estimate of drug-likeness (QED) is 0.835. The van der Waals surface area contributed by atoms with E-state index in [0.717, 1.165) is 24.1 Å². The van der Waals surface area contributed by atoms with Gasteiger partial charge in [0.25, 0.3) is 0 Å². The first-order valence-corrected chi connectivity index (χ1v) is 9.77. The predicted molar refractivity (Wildman–Crippen MR) is 109 cm³/mol. The number of anilines is 2. The van der Waals surface area contributed by atoms with E-state index < -0.39 is 5.91 Å². The van der Waals surface area contributed by atoms with Crippen LogP contribution in [0.5, 0.6) is 0 Å². The van der Waals surface area contributed by atoms with Gasteiger partial charge in [0.2, 0.25) is 11.8 Å². The molecule has 2 amide bonds. The molecule has 0 radical (unpaired) electrons. The Morgan fingerprint density at radius 2 is 2.07 bits per heavy atom.